The zero-order valence-electron chi connectivity index (χ0n) is 25.3. The average Bonchev–Trinajstić information content (AvgIpc) is 3.02. The molecular weight excluding hydrogens is 639 g/mol. The summed E-state index contributed by atoms with van der Waals surface area (Å²) in [6.07, 6.45) is 1.74. The van der Waals surface area contributed by atoms with Gasteiger partial charge in [0, 0.05) is 27.3 Å². The molecule has 0 aliphatic rings. The van der Waals surface area contributed by atoms with Gasteiger partial charge in [-0.3, -0.25) is 0 Å². The molecular formula is C38H31Cl3F4. The SMILES string of the molecule is CCc1cccc(-c2c(Cl)c(-c3cccc(Cl)c3CC)c(-c3ccc(F)c(F)c3)c(-c3cc(F)c(CC)c(F)c3)c2CC)c1Cl. The Morgan fingerprint density at radius 1 is 0.467 bits per heavy atom. The Kier molecular flexibility index (Phi) is 9.98. The Morgan fingerprint density at radius 3 is 1.67 bits per heavy atom. The number of hydrogen-bond donors (Lipinski definition) is 0. The molecule has 0 saturated carbocycles. The zero-order valence-corrected chi connectivity index (χ0v) is 27.6. The van der Waals surface area contributed by atoms with Crippen LogP contribution in [0.5, 0.6) is 0 Å². The van der Waals surface area contributed by atoms with E-state index in [1.165, 1.54) is 18.2 Å². The minimum absolute atomic E-state index is 0.0395. The lowest BCUT2D eigenvalue weighted by Crippen LogP contribution is -2.05. The molecule has 0 heterocycles. The van der Waals surface area contributed by atoms with Gasteiger partial charge in [-0.1, -0.05) is 98.9 Å². The fraction of sp³-hybridized carbons (Fsp3) is 0.211. The highest BCUT2D eigenvalue weighted by molar-refractivity contribution is 6.40. The molecule has 0 saturated heterocycles. The first-order valence-electron chi connectivity index (χ1n) is 14.9. The predicted molar refractivity (Wildman–Crippen MR) is 181 cm³/mol. The van der Waals surface area contributed by atoms with Gasteiger partial charge in [0.05, 0.1) is 10.0 Å². The maximum atomic E-state index is 15.5. The number of halogens is 7. The summed E-state index contributed by atoms with van der Waals surface area (Å²) in [7, 11) is 0. The molecule has 5 aromatic rings. The van der Waals surface area contributed by atoms with Crippen LogP contribution >= 0.6 is 34.8 Å². The van der Waals surface area contributed by atoms with Gasteiger partial charge in [-0.25, -0.2) is 17.6 Å². The van der Waals surface area contributed by atoms with Gasteiger partial charge in [0.2, 0.25) is 0 Å². The lowest BCUT2D eigenvalue weighted by Gasteiger charge is -2.27. The van der Waals surface area contributed by atoms with Crippen LogP contribution in [0.4, 0.5) is 17.6 Å². The number of benzene rings is 5. The molecule has 0 atom stereocenters. The van der Waals surface area contributed by atoms with Gasteiger partial charge in [-0.15, -0.1) is 0 Å². The summed E-state index contributed by atoms with van der Waals surface area (Å²) >= 11 is 21.2. The van der Waals surface area contributed by atoms with E-state index < -0.39 is 23.3 Å². The van der Waals surface area contributed by atoms with E-state index in [4.69, 9.17) is 34.8 Å². The first kappa shape index (κ1) is 33.1. The maximum absolute atomic E-state index is 15.5. The van der Waals surface area contributed by atoms with E-state index in [2.05, 4.69) is 0 Å². The summed E-state index contributed by atoms with van der Waals surface area (Å²) in [5.41, 5.74) is 6.06. The maximum Gasteiger partial charge on any atom is 0.159 e. The van der Waals surface area contributed by atoms with Gasteiger partial charge in [0.25, 0.3) is 0 Å². The molecule has 0 fully saturated rings. The normalized spacial score (nSPS) is 11.4. The standard InChI is InChI=1S/C38H31Cl3F4/c1-5-20-11-9-13-27(37(20)40)35-25(8-4)33(22-18-30(43)24(7-3)31(44)19-22)34(21-15-16-29(42)32(45)17-21)36(38(35)41)26-12-10-14-28(39)23(26)6-2/h9-19H,5-8H2,1-4H3. The predicted octanol–water partition coefficient (Wildman–Crippen LogP) is 13.1. The Labute approximate surface area is 276 Å². The van der Waals surface area contributed by atoms with Crippen molar-refractivity contribution in [2.75, 3.05) is 0 Å². The van der Waals surface area contributed by atoms with Crippen LogP contribution in [-0.4, -0.2) is 0 Å². The van der Waals surface area contributed by atoms with Crippen LogP contribution in [0.25, 0.3) is 44.5 Å². The molecule has 45 heavy (non-hydrogen) atoms. The molecule has 0 aliphatic carbocycles. The van der Waals surface area contributed by atoms with Crippen LogP contribution in [0.1, 0.15) is 49.9 Å². The van der Waals surface area contributed by atoms with Crippen LogP contribution in [0.15, 0.2) is 66.7 Å². The fourth-order valence-electron chi connectivity index (χ4n) is 6.20. The second-order valence-electron chi connectivity index (χ2n) is 10.8. The minimum atomic E-state index is -1.07. The number of aryl methyl sites for hydroxylation is 1. The summed E-state index contributed by atoms with van der Waals surface area (Å²) in [6.45, 7) is 7.54. The van der Waals surface area contributed by atoms with E-state index in [0.717, 1.165) is 23.3 Å². The van der Waals surface area contributed by atoms with Crippen LogP contribution in [0.2, 0.25) is 15.1 Å². The second-order valence-corrected chi connectivity index (χ2v) is 12.0. The molecule has 0 unspecified atom stereocenters. The largest absolute Gasteiger partial charge is 0.207 e. The van der Waals surface area contributed by atoms with E-state index in [0.29, 0.717) is 73.3 Å². The van der Waals surface area contributed by atoms with E-state index in [-0.39, 0.29) is 23.1 Å². The third-order valence-electron chi connectivity index (χ3n) is 8.36. The third-order valence-corrected chi connectivity index (χ3v) is 9.54. The van der Waals surface area contributed by atoms with Gasteiger partial charge in [-0.2, -0.15) is 0 Å². The summed E-state index contributed by atoms with van der Waals surface area (Å²) in [5, 5.41) is 1.32. The van der Waals surface area contributed by atoms with Crippen molar-refractivity contribution in [1.82, 2.24) is 0 Å². The highest BCUT2D eigenvalue weighted by atomic mass is 35.5. The van der Waals surface area contributed by atoms with Crippen LogP contribution in [-0.2, 0) is 25.7 Å². The van der Waals surface area contributed by atoms with E-state index in [9.17, 15) is 8.78 Å². The molecule has 0 aliphatic heterocycles. The summed E-state index contributed by atoms with van der Waals surface area (Å²) < 4.78 is 60.3. The number of hydrogen-bond acceptors (Lipinski definition) is 0. The van der Waals surface area contributed by atoms with Gasteiger partial charge >= 0.3 is 0 Å². The molecule has 0 amide bonds. The number of rotatable bonds is 8. The van der Waals surface area contributed by atoms with Gasteiger partial charge < -0.3 is 0 Å². The van der Waals surface area contributed by atoms with Crippen LogP contribution in [0.3, 0.4) is 0 Å². The van der Waals surface area contributed by atoms with Gasteiger partial charge in [-0.05, 0) is 101 Å². The topological polar surface area (TPSA) is 0 Å². The smallest absolute Gasteiger partial charge is 0.159 e. The van der Waals surface area contributed by atoms with Crippen molar-refractivity contribution < 1.29 is 17.6 Å². The highest BCUT2D eigenvalue weighted by Crippen LogP contribution is 2.54. The molecule has 5 aromatic carbocycles. The fourth-order valence-corrected chi connectivity index (χ4v) is 7.27. The zero-order chi connectivity index (χ0) is 32.6. The van der Waals surface area contributed by atoms with Gasteiger partial charge in [0.15, 0.2) is 11.6 Å². The Bertz CT molecular complexity index is 1910. The average molecular weight is 670 g/mol. The first-order valence-corrected chi connectivity index (χ1v) is 16.1. The lowest BCUT2D eigenvalue weighted by molar-refractivity contribution is 0.509. The summed E-state index contributed by atoms with van der Waals surface area (Å²) in [4.78, 5) is 0. The minimum Gasteiger partial charge on any atom is -0.207 e. The molecule has 0 radical (unpaired) electrons. The molecule has 0 N–H and O–H groups in total. The quantitative estimate of drug-likeness (QED) is 0.144. The summed E-state index contributed by atoms with van der Waals surface area (Å²) in [5.74, 6) is -3.50. The monoisotopic (exact) mass is 668 g/mol. The third kappa shape index (κ3) is 5.89. The van der Waals surface area contributed by atoms with E-state index >= 15 is 8.78 Å². The molecule has 5 rings (SSSR count). The van der Waals surface area contributed by atoms with Crippen molar-refractivity contribution in [1.29, 1.82) is 0 Å². The van der Waals surface area contributed by atoms with Gasteiger partial charge in [0.1, 0.15) is 11.6 Å². The van der Waals surface area contributed by atoms with Crippen molar-refractivity contribution in [2.24, 2.45) is 0 Å². The van der Waals surface area contributed by atoms with Crippen LogP contribution < -0.4 is 0 Å². The summed E-state index contributed by atoms with van der Waals surface area (Å²) in [6, 6.07) is 17.3. The van der Waals surface area contributed by atoms with E-state index in [1.54, 1.807) is 19.1 Å². The van der Waals surface area contributed by atoms with E-state index in [1.807, 2.05) is 45.0 Å². The van der Waals surface area contributed by atoms with Crippen LogP contribution in [0, 0.1) is 23.3 Å². The molecule has 0 nitrogen and oxygen atoms in total. The Hall–Kier alpha value is -3.31. The lowest BCUT2D eigenvalue weighted by atomic mass is 9.78. The van der Waals surface area contributed by atoms with Crippen molar-refractivity contribution in [2.45, 2.75) is 53.4 Å². The molecule has 0 spiro atoms. The van der Waals surface area contributed by atoms with Crippen molar-refractivity contribution in [3.8, 4) is 44.5 Å². The molecule has 0 bridgehead atoms. The second kappa shape index (κ2) is 13.6. The van der Waals surface area contributed by atoms with Crippen molar-refractivity contribution in [3.05, 3.63) is 127 Å². The molecule has 232 valence electrons. The van der Waals surface area contributed by atoms with Crippen molar-refractivity contribution >= 4 is 34.8 Å². The molecule has 7 heteroatoms. The molecule has 0 aromatic heterocycles. The van der Waals surface area contributed by atoms with Crippen molar-refractivity contribution in [3.63, 3.8) is 0 Å². The Morgan fingerprint density at radius 2 is 1.07 bits per heavy atom. The highest BCUT2D eigenvalue weighted by Gasteiger charge is 2.29. The first-order chi connectivity index (χ1) is 21.6. The Balaban J connectivity index is 2.11.